The molecule has 0 heterocycles. The summed E-state index contributed by atoms with van der Waals surface area (Å²) in [5, 5.41) is 14.2. The molecule has 0 spiro atoms. The Balaban J connectivity index is 3.03. The molecule has 5 nitrogen and oxygen atoms in total. The number of anilines is 1. The highest BCUT2D eigenvalue weighted by molar-refractivity contribution is 5.68. The van der Waals surface area contributed by atoms with E-state index in [0.29, 0.717) is 24.6 Å². The first-order chi connectivity index (χ1) is 8.35. The zero-order valence-electron chi connectivity index (χ0n) is 11.3. The maximum absolute atomic E-state index is 11.1. The fraction of sp³-hybridized carbons (Fsp3) is 0.538. The van der Waals surface area contributed by atoms with Gasteiger partial charge in [-0.3, -0.25) is 10.1 Å². The van der Waals surface area contributed by atoms with Gasteiger partial charge in [-0.25, -0.2) is 0 Å². The van der Waals surface area contributed by atoms with E-state index < -0.39 is 4.92 Å². The maximum Gasteiger partial charge on any atom is 0.333 e. The summed E-state index contributed by atoms with van der Waals surface area (Å²) in [6.45, 7) is 9.07. The predicted octanol–water partition coefficient (Wildman–Crippen LogP) is 3.45. The molecule has 0 aliphatic heterocycles. The van der Waals surface area contributed by atoms with Gasteiger partial charge in [0, 0.05) is 6.54 Å². The van der Waals surface area contributed by atoms with Crippen molar-refractivity contribution in [1.29, 1.82) is 0 Å². The third-order valence-electron chi connectivity index (χ3n) is 2.29. The Hall–Kier alpha value is -1.78. The molecule has 0 atom stereocenters. The van der Waals surface area contributed by atoms with Crippen molar-refractivity contribution in [2.24, 2.45) is 5.41 Å². The molecule has 0 fully saturated rings. The Labute approximate surface area is 107 Å². The standard InChI is InChI=1S/C13H20N2O3/c1-5-18-11-8-6-7-10(12(11)15(16)17)14-9-13(2,3)4/h6-8,14H,5,9H2,1-4H3. The summed E-state index contributed by atoms with van der Waals surface area (Å²) in [6, 6.07) is 5.07. The van der Waals surface area contributed by atoms with Crippen LogP contribution >= 0.6 is 0 Å². The molecule has 1 aromatic carbocycles. The SMILES string of the molecule is CCOc1cccc(NCC(C)(C)C)c1[N+](=O)[O-]. The Morgan fingerprint density at radius 3 is 2.56 bits per heavy atom. The smallest absolute Gasteiger partial charge is 0.333 e. The summed E-state index contributed by atoms with van der Waals surface area (Å²) >= 11 is 0. The molecule has 5 heteroatoms. The van der Waals surface area contributed by atoms with Crippen LogP contribution in [0.5, 0.6) is 5.75 Å². The Kier molecular flexibility index (Phi) is 4.53. The van der Waals surface area contributed by atoms with E-state index in [1.165, 1.54) is 0 Å². The lowest BCUT2D eigenvalue weighted by Crippen LogP contribution is -2.19. The fourth-order valence-electron chi connectivity index (χ4n) is 1.49. The first kappa shape index (κ1) is 14.3. The first-order valence-electron chi connectivity index (χ1n) is 5.99. The number of para-hydroxylation sites is 1. The number of hydrogen-bond donors (Lipinski definition) is 1. The second-order valence-corrected chi connectivity index (χ2v) is 5.26. The van der Waals surface area contributed by atoms with Crippen LogP contribution in [0.1, 0.15) is 27.7 Å². The monoisotopic (exact) mass is 252 g/mol. The number of hydrogen-bond acceptors (Lipinski definition) is 4. The average molecular weight is 252 g/mol. The van der Waals surface area contributed by atoms with Crippen LogP contribution in [-0.2, 0) is 0 Å². The molecular formula is C13H20N2O3. The molecule has 0 saturated carbocycles. The zero-order chi connectivity index (χ0) is 13.8. The van der Waals surface area contributed by atoms with Crippen LogP contribution in [-0.4, -0.2) is 18.1 Å². The van der Waals surface area contributed by atoms with Gasteiger partial charge in [0.1, 0.15) is 5.69 Å². The van der Waals surface area contributed by atoms with Gasteiger partial charge in [0.2, 0.25) is 0 Å². The number of rotatable bonds is 5. The van der Waals surface area contributed by atoms with Crippen molar-refractivity contribution >= 4 is 11.4 Å². The molecule has 0 radical (unpaired) electrons. The van der Waals surface area contributed by atoms with E-state index in [9.17, 15) is 10.1 Å². The number of nitro groups is 1. The highest BCUT2D eigenvalue weighted by Gasteiger charge is 2.21. The number of nitrogens with one attached hydrogen (secondary N) is 1. The maximum atomic E-state index is 11.1. The second-order valence-electron chi connectivity index (χ2n) is 5.26. The number of nitrogens with zero attached hydrogens (tertiary/aromatic N) is 1. The number of benzene rings is 1. The number of ether oxygens (including phenoxy) is 1. The van der Waals surface area contributed by atoms with Crippen LogP contribution in [0.4, 0.5) is 11.4 Å². The molecule has 0 aromatic heterocycles. The summed E-state index contributed by atoms with van der Waals surface area (Å²) in [5.41, 5.74) is 0.555. The van der Waals surface area contributed by atoms with E-state index in [1.807, 2.05) is 0 Å². The van der Waals surface area contributed by atoms with E-state index in [2.05, 4.69) is 26.1 Å². The minimum absolute atomic E-state index is 0.00333. The zero-order valence-corrected chi connectivity index (χ0v) is 11.3. The van der Waals surface area contributed by atoms with Crippen molar-refractivity contribution < 1.29 is 9.66 Å². The molecule has 0 aliphatic rings. The van der Waals surface area contributed by atoms with Gasteiger partial charge >= 0.3 is 5.69 Å². The van der Waals surface area contributed by atoms with Crippen LogP contribution in [0.3, 0.4) is 0 Å². The highest BCUT2D eigenvalue weighted by atomic mass is 16.6. The summed E-state index contributed by atoms with van der Waals surface area (Å²) < 4.78 is 5.29. The molecular weight excluding hydrogens is 232 g/mol. The van der Waals surface area contributed by atoms with Gasteiger partial charge in [0.25, 0.3) is 0 Å². The molecule has 18 heavy (non-hydrogen) atoms. The van der Waals surface area contributed by atoms with Crippen molar-refractivity contribution in [3.8, 4) is 5.75 Å². The second kappa shape index (κ2) is 5.71. The Morgan fingerprint density at radius 2 is 2.06 bits per heavy atom. The third kappa shape index (κ3) is 3.91. The largest absolute Gasteiger partial charge is 0.487 e. The van der Waals surface area contributed by atoms with Gasteiger partial charge < -0.3 is 10.1 Å². The molecule has 0 unspecified atom stereocenters. The van der Waals surface area contributed by atoms with Crippen LogP contribution < -0.4 is 10.1 Å². The van der Waals surface area contributed by atoms with Gasteiger partial charge in [-0.1, -0.05) is 26.8 Å². The van der Waals surface area contributed by atoms with Crippen LogP contribution in [0.2, 0.25) is 0 Å². The van der Waals surface area contributed by atoms with E-state index in [-0.39, 0.29) is 11.1 Å². The molecule has 0 saturated heterocycles. The topological polar surface area (TPSA) is 64.4 Å². The van der Waals surface area contributed by atoms with E-state index in [0.717, 1.165) is 0 Å². The molecule has 1 N–H and O–H groups in total. The van der Waals surface area contributed by atoms with Crippen molar-refractivity contribution in [2.75, 3.05) is 18.5 Å². The molecule has 0 bridgehead atoms. The Bertz CT molecular complexity index is 425. The van der Waals surface area contributed by atoms with Crippen molar-refractivity contribution in [3.05, 3.63) is 28.3 Å². The van der Waals surface area contributed by atoms with Gasteiger partial charge in [-0.15, -0.1) is 0 Å². The lowest BCUT2D eigenvalue weighted by molar-refractivity contribution is -0.384. The average Bonchev–Trinajstić information content (AvgIpc) is 2.25. The van der Waals surface area contributed by atoms with Crippen molar-refractivity contribution in [3.63, 3.8) is 0 Å². The summed E-state index contributed by atoms with van der Waals surface area (Å²) in [4.78, 5) is 10.7. The first-order valence-corrected chi connectivity index (χ1v) is 5.99. The molecule has 1 aromatic rings. The van der Waals surface area contributed by atoms with Gasteiger partial charge in [0.15, 0.2) is 5.75 Å². The van der Waals surface area contributed by atoms with Crippen molar-refractivity contribution in [1.82, 2.24) is 0 Å². The minimum Gasteiger partial charge on any atom is -0.487 e. The molecule has 1 rings (SSSR count). The van der Waals surface area contributed by atoms with Gasteiger partial charge in [-0.05, 0) is 24.5 Å². The minimum atomic E-state index is -0.407. The van der Waals surface area contributed by atoms with Crippen molar-refractivity contribution in [2.45, 2.75) is 27.7 Å². The van der Waals surface area contributed by atoms with E-state index in [4.69, 9.17) is 4.74 Å². The summed E-state index contributed by atoms with van der Waals surface area (Å²) in [7, 11) is 0. The third-order valence-corrected chi connectivity index (χ3v) is 2.29. The Morgan fingerprint density at radius 1 is 1.39 bits per heavy atom. The van der Waals surface area contributed by atoms with Crippen LogP contribution in [0, 0.1) is 15.5 Å². The molecule has 0 aliphatic carbocycles. The lowest BCUT2D eigenvalue weighted by Gasteiger charge is -2.20. The van der Waals surface area contributed by atoms with E-state index in [1.54, 1.807) is 25.1 Å². The van der Waals surface area contributed by atoms with Crippen LogP contribution in [0.25, 0.3) is 0 Å². The number of nitro benzene ring substituents is 1. The van der Waals surface area contributed by atoms with E-state index >= 15 is 0 Å². The summed E-state index contributed by atoms with van der Waals surface area (Å²) in [6.07, 6.45) is 0. The molecule has 0 amide bonds. The fourth-order valence-corrected chi connectivity index (χ4v) is 1.49. The normalized spacial score (nSPS) is 11.1. The quantitative estimate of drug-likeness (QED) is 0.644. The van der Waals surface area contributed by atoms with Gasteiger partial charge in [-0.2, -0.15) is 0 Å². The lowest BCUT2D eigenvalue weighted by atomic mass is 9.97. The van der Waals surface area contributed by atoms with Gasteiger partial charge in [0.05, 0.1) is 11.5 Å². The summed E-state index contributed by atoms with van der Waals surface area (Å²) in [5.74, 6) is 0.307. The highest BCUT2D eigenvalue weighted by Crippen LogP contribution is 2.35. The van der Waals surface area contributed by atoms with Crippen LogP contribution in [0.15, 0.2) is 18.2 Å². The predicted molar refractivity (Wildman–Crippen MR) is 72.2 cm³/mol. The molecule has 100 valence electrons.